The van der Waals surface area contributed by atoms with Gasteiger partial charge in [-0.15, -0.1) is 0 Å². The maximum atomic E-state index is 12.1. The molecular formula is C23H21Cl2NO2. The third-order valence-electron chi connectivity index (χ3n) is 4.59. The maximum Gasteiger partial charge on any atom is 0.262 e. The first-order valence-corrected chi connectivity index (χ1v) is 9.65. The van der Waals surface area contributed by atoms with Crippen molar-refractivity contribution in [2.75, 3.05) is 11.9 Å². The molecular weight excluding hydrogens is 393 g/mol. The van der Waals surface area contributed by atoms with E-state index in [0.29, 0.717) is 21.5 Å². The second-order valence-electron chi connectivity index (χ2n) is 7.01. The molecule has 1 N–H and O–H groups in total. The van der Waals surface area contributed by atoms with Crippen molar-refractivity contribution >= 4 is 34.8 Å². The largest absolute Gasteiger partial charge is 0.484 e. The lowest BCUT2D eigenvalue weighted by Crippen LogP contribution is -2.20. The Hall–Kier alpha value is -2.49. The van der Waals surface area contributed by atoms with Crippen molar-refractivity contribution in [1.29, 1.82) is 0 Å². The second kappa shape index (κ2) is 8.68. The van der Waals surface area contributed by atoms with E-state index in [2.05, 4.69) is 31.3 Å². The van der Waals surface area contributed by atoms with Gasteiger partial charge in [0.25, 0.3) is 5.91 Å². The third-order valence-corrected chi connectivity index (χ3v) is 5.02. The van der Waals surface area contributed by atoms with Crippen molar-refractivity contribution in [3.05, 3.63) is 94.0 Å². The Morgan fingerprint density at radius 2 is 1.46 bits per heavy atom. The van der Waals surface area contributed by atoms with Crippen molar-refractivity contribution in [3.63, 3.8) is 0 Å². The molecule has 0 aliphatic heterocycles. The summed E-state index contributed by atoms with van der Waals surface area (Å²) in [7, 11) is 0. The van der Waals surface area contributed by atoms with E-state index in [1.807, 2.05) is 42.5 Å². The van der Waals surface area contributed by atoms with Crippen LogP contribution in [-0.4, -0.2) is 12.5 Å². The van der Waals surface area contributed by atoms with Gasteiger partial charge in [-0.3, -0.25) is 4.79 Å². The average Bonchev–Trinajstić information content (AvgIpc) is 2.66. The quantitative estimate of drug-likeness (QED) is 0.511. The number of hydrogen-bond acceptors (Lipinski definition) is 2. The topological polar surface area (TPSA) is 38.3 Å². The van der Waals surface area contributed by atoms with E-state index in [0.717, 1.165) is 0 Å². The zero-order valence-corrected chi connectivity index (χ0v) is 17.2. The fourth-order valence-corrected chi connectivity index (χ4v) is 3.49. The van der Waals surface area contributed by atoms with Gasteiger partial charge in [0.1, 0.15) is 5.75 Å². The van der Waals surface area contributed by atoms with Crippen molar-refractivity contribution in [3.8, 4) is 5.75 Å². The van der Waals surface area contributed by atoms with E-state index in [-0.39, 0.29) is 17.9 Å². The molecule has 0 atom stereocenters. The summed E-state index contributed by atoms with van der Waals surface area (Å²) >= 11 is 11.9. The number of carbonyl (C=O) groups is 1. The summed E-state index contributed by atoms with van der Waals surface area (Å²) in [6.07, 6.45) is 0. The average molecular weight is 414 g/mol. The molecule has 5 heteroatoms. The van der Waals surface area contributed by atoms with Gasteiger partial charge in [0.15, 0.2) is 6.61 Å². The summed E-state index contributed by atoms with van der Waals surface area (Å²) in [5, 5.41) is 3.64. The predicted octanol–water partition coefficient (Wildman–Crippen LogP) is 6.34. The monoisotopic (exact) mass is 413 g/mol. The van der Waals surface area contributed by atoms with Gasteiger partial charge in [0.05, 0.1) is 0 Å². The van der Waals surface area contributed by atoms with Crippen LogP contribution in [0.3, 0.4) is 0 Å². The van der Waals surface area contributed by atoms with E-state index in [1.165, 1.54) is 11.1 Å². The minimum Gasteiger partial charge on any atom is -0.484 e. The summed E-state index contributed by atoms with van der Waals surface area (Å²) in [4.78, 5) is 12.1. The number of benzene rings is 3. The molecule has 0 aliphatic carbocycles. The molecule has 0 saturated carbocycles. The molecule has 0 heterocycles. The summed E-state index contributed by atoms with van der Waals surface area (Å²) in [5.41, 5.74) is 2.82. The molecule has 0 aromatic heterocycles. The standard InChI is InChI=1S/C23H21Cl2NO2/c1-23(2,16-6-4-3-5-7-16)17-8-10-21(11-9-17)28-15-22(27)26-20-13-18(24)12-19(25)14-20/h3-14H,15H2,1-2H3,(H,26,27). The van der Waals surface area contributed by atoms with Crippen molar-refractivity contribution in [1.82, 2.24) is 0 Å². The predicted molar refractivity (Wildman–Crippen MR) is 116 cm³/mol. The Balaban J connectivity index is 1.60. The third kappa shape index (κ3) is 5.06. The molecule has 3 nitrogen and oxygen atoms in total. The van der Waals surface area contributed by atoms with Gasteiger partial charge in [-0.1, -0.05) is 79.5 Å². The lowest BCUT2D eigenvalue weighted by atomic mass is 9.78. The molecule has 0 unspecified atom stereocenters. The van der Waals surface area contributed by atoms with E-state index in [9.17, 15) is 4.79 Å². The maximum absolute atomic E-state index is 12.1. The lowest BCUT2D eigenvalue weighted by molar-refractivity contribution is -0.118. The van der Waals surface area contributed by atoms with Gasteiger partial charge < -0.3 is 10.1 Å². The fourth-order valence-electron chi connectivity index (χ4n) is 2.96. The molecule has 144 valence electrons. The number of rotatable bonds is 6. The number of carbonyl (C=O) groups excluding carboxylic acids is 1. The van der Waals surface area contributed by atoms with Crippen LogP contribution in [-0.2, 0) is 10.2 Å². The van der Waals surface area contributed by atoms with Crippen LogP contribution in [0.2, 0.25) is 10.0 Å². The normalized spacial score (nSPS) is 11.1. The van der Waals surface area contributed by atoms with Crippen LogP contribution in [0.4, 0.5) is 5.69 Å². The Labute approximate surface area is 175 Å². The highest BCUT2D eigenvalue weighted by atomic mass is 35.5. The lowest BCUT2D eigenvalue weighted by Gasteiger charge is -2.26. The van der Waals surface area contributed by atoms with Crippen LogP contribution >= 0.6 is 23.2 Å². The molecule has 0 saturated heterocycles. The summed E-state index contributed by atoms with van der Waals surface area (Å²) < 4.78 is 5.60. The van der Waals surface area contributed by atoms with Gasteiger partial charge >= 0.3 is 0 Å². The first-order chi connectivity index (χ1) is 13.3. The Morgan fingerprint density at radius 1 is 0.893 bits per heavy atom. The van der Waals surface area contributed by atoms with Crippen LogP contribution in [0.1, 0.15) is 25.0 Å². The van der Waals surface area contributed by atoms with Crippen LogP contribution in [0.15, 0.2) is 72.8 Å². The van der Waals surface area contributed by atoms with Crippen LogP contribution < -0.4 is 10.1 Å². The molecule has 3 aromatic rings. The Bertz CT molecular complexity index is 934. The van der Waals surface area contributed by atoms with Crippen LogP contribution in [0.5, 0.6) is 5.75 Å². The zero-order valence-electron chi connectivity index (χ0n) is 15.7. The first-order valence-electron chi connectivity index (χ1n) is 8.89. The Kier molecular flexibility index (Phi) is 6.28. The van der Waals surface area contributed by atoms with Gasteiger partial charge in [0.2, 0.25) is 0 Å². The minimum atomic E-state index is -0.285. The summed E-state index contributed by atoms with van der Waals surface area (Å²) in [6.45, 7) is 4.26. The molecule has 0 radical (unpaired) electrons. The van der Waals surface area contributed by atoms with Gasteiger partial charge in [-0.05, 0) is 41.5 Å². The fraction of sp³-hybridized carbons (Fsp3) is 0.174. The highest BCUT2D eigenvalue weighted by molar-refractivity contribution is 6.35. The first kappa shape index (κ1) is 20.2. The number of amides is 1. The summed E-state index contributed by atoms with van der Waals surface area (Å²) in [6, 6.07) is 23.0. The van der Waals surface area contributed by atoms with Crippen LogP contribution in [0.25, 0.3) is 0 Å². The van der Waals surface area contributed by atoms with Gasteiger partial charge in [0, 0.05) is 21.1 Å². The van der Waals surface area contributed by atoms with Crippen molar-refractivity contribution < 1.29 is 9.53 Å². The highest BCUT2D eigenvalue weighted by Gasteiger charge is 2.22. The number of anilines is 1. The van der Waals surface area contributed by atoms with Crippen molar-refractivity contribution in [2.24, 2.45) is 0 Å². The SMILES string of the molecule is CC(C)(c1ccccc1)c1ccc(OCC(=O)Nc2cc(Cl)cc(Cl)c2)cc1. The molecule has 28 heavy (non-hydrogen) atoms. The molecule has 3 aromatic carbocycles. The molecule has 0 spiro atoms. The van der Waals surface area contributed by atoms with Crippen molar-refractivity contribution in [2.45, 2.75) is 19.3 Å². The molecule has 0 aliphatic rings. The van der Waals surface area contributed by atoms with E-state index in [4.69, 9.17) is 27.9 Å². The summed E-state index contributed by atoms with van der Waals surface area (Å²) in [5.74, 6) is 0.346. The van der Waals surface area contributed by atoms with Gasteiger partial charge in [-0.2, -0.15) is 0 Å². The van der Waals surface area contributed by atoms with Gasteiger partial charge in [-0.25, -0.2) is 0 Å². The molecule has 0 bridgehead atoms. The minimum absolute atomic E-state index is 0.106. The van der Waals surface area contributed by atoms with E-state index >= 15 is 0 Å². The zero-order chi connectivity index (χ0) is 20.1. The van der Waals surface area contributed by atoms with Crippen LogP contribution in [0, 0.1) is 0 Å². The molecule has 3 rings (SSSR count). The number of ether oxygens (including phenoxy) is 1. The smallest absolute Gasteiger partial charge is 0.262 e. The molecule has 0 fully saturated rings. The highest BCUT2D eigenvalue weighted by Crippen LogP contribution is 2.32. The number of halogens is 2. The Morgan fingerprint density at radius 3 is 2.07 bits per heavy atom. The second-order valence-corrected chi connectivity index (χ2v) is 7.88. The van der Waals surface area contributed by atoms with E-state index in [1.54, 1.807) is 18.2 Å². The molecule has 1 amide bonds. The van der Waals surface area contributed by atoms with E-state index < -0.39 is 0 Å². The number of hydrogen-bond donors (Lipinski definition) is 1. The number of nitrogens with one attached hydrogen (secondary N) is 1.